The number of amides is 2. The Morgan fingerprint density at radius 2 is 2.05 bits per heavy atom. The molecule has 0 aliphatic rings. The van der Waals surface area contributed by atoms with E-state index < -0.39 is 5.97 Å². The zero-order chi connectivity index (χ0) is 16.0. The lowest BCUT2D eigenvalue weighted by molar-refractivity contribution is 0.0594. The number of nitrogens with zero attached hydrogens (tertiary/aromatic N) is 3. The second-order valence-electron chi connectivity index (χ2n) is 5.40. The van der Waals surface area contributed by atoms with E-state index in [2.05, 4.69) is 23.6 Å². The smallest absolute Gasteiger partial charge is 0.360 e. The zero-order valence-corrected chi connectivity index (χ0v) is 13.3. The fraction of sp³-hybridized carbons (Fsp3) is 0.643. The van der Waals surface area contributed by atoms with Crippen molar-refractivity contribution < 1.29 is 18.7 Å². The van der Waals surface area contributed by atoms with Gasteiger partial charge < -0.3 is 19.0 Å². The molecule has 0 unspecified atom stereocenters. The Kier molecular flexibility index (Phi) is 6.20. The molecule has 7 heteroatoms. The van der Waals surface area contributed by atoms with E-state index in [9.17, 15) is 9.59 Å². The summed E-state index contributed by atoms with van der Waals surface area (Å²) in [6, 6.07) is -0.117. The number of esters is 1. The summed E-state index contributed by atoms with van der Waals surface area (Å²) in [5.74, 6) is 0.240. The molecule has 0 bridgehead atoms. The maximum Gasteiger partial charge on any atom is 0.360 e. The highest BCUT2D eigenvalue weighted by Crippen LogP contribution is 2.11. The number of carbonyl (C=O) groups is 2. The SMILES string of the molecule is COC(=O)c1coc(CN(CCC(C)C)C(=O)N(C)C)n1. The van der Waals surface area contributed by atoms with E-state index in [1.807, 2.05) is 0 Å². The summed E-state index contributed by atoms with van der Waals surface area (Å²) >= 11 is 0. The van der Waals surface area contributed by atoms with Gasteiger partial charge >= 0.3 is 12.0 Å². The average Bonchev–Trinajstić information content (AvgIpc) is 2.89. The van der Waals surface area contributed by atoms with E-state index in [1.54, 1.807) is 19.0 Å². The number of oxazole rings is 1. The van der Waals surface area contributed by atoms with Crippen LogP contribution >= 0.6 is 0 Å². The number of carbonyl (C=O) groups excluding carboxylic acids is 2. The largest absolute Gasteiger partial charge is 0.464 e. The molecule has 1 aromatic rings. The normalized spacial score (nSPS) is 10.6. The minimum atomic E-state index is -0.558. The molecule has 0 saturated carbocycles. The number of urea groups is 1. The first-order chi connectivity index (χ1) is 9.85. The molecule has 0 saturated heterocycles. The number of ether oxygens (including phenoxy) is 1. The molecular weight excluding hydrogens is 274 g/mol. The van der Waals surface area contributed by atoms with Crippen LogP contribution in [0.5, 0.6) is 0 Å². The first-order valence-electron chi connectivity index (χ1n) is 6.84. The Balaban J connectivity index is 2.77. The van der Waals surface area contributed by atoms with E-state index >= 15 is 0 Å². The molecule has 0 aliphatic heterocycles. The highest BCUT2D eigenvalue weighted by molar-refractivity contribution is 5.86. The topological polar surface area (TPSA) is 75.9 Å². The lowest BCUT2D eigenvalue weighted by Gasteiger charge is -2.25. The molecule has 118 valence electrons. The van der Waals surface area contributed by atoms with Gasteiger partial charge in [-0.15, -0.1) is 0 Å². The van der Waals surface area contributed by atoms with Crippen LogP contribution in [0.15, 0.2) is 10.7 Å². The van der Waals surface area contributed by atoms with Crippen LogP contribution in [0.25, 0.3) is 0 Å². The van der Waals surface area contributed by atoms with Crippen LogP contribution in [0.3, 0.4) is 0 Å². The Bertz CT molecular complexity index is 482. The van der Waals surface area contributed by atoms with Crippen LogP contribution < -0.4 is 0 Å². The second-order valence-corrected chi connectivity index (χ2v) is 5.40. The number of aromatic nitrogens is 1. The minimum absolute atomic E-state index is 0.105. The molecule has 0 spiro atoms. The highest BCUT2D eigenvalue weighted by Gasteiger charge is 2.20. The van der Waals surface area contributed by atoms with E-state index in [1.165, 1.54) is 18.3 Å². The number of hydrogen-bond donors (Lipinski definition) is 0. The average molecular weight is 297 g/mol. The van der Waals surface area contributed by atoms with Gasteiger partial charge in [0.2, 0.25) is 5.89 Å². The molecule has 1 aromatic heterocycles. The monoisotopic (exact) mass is 297 g/mol. The number of hydrogen-bond acceptors (Lipinski definition) is 5. The fourth-order valence-corrected chi connectivity index (χ4v) is 1.68. The molecule has 21 heavy (non-hydrogen) atoms. The molecule has 7 nitrogen and oxygen atoms in total. The van der Waals surface area contributed by atoms with Gasteiger partial charge in [-0.2, -0.15) is 0 Å². The van der Waals surface area contributed by atoms with Crippen LogP contribution in [0, 0.1) is 5.92 Å². The molecule has 0 radical (unpaired) electrons. The van der Waals surface area contributed by atoms with E-state index in [4.69, 9.17) is 4.42 Å². The standard InChI is InChI=1S/C14H23N3O4/c1-10(2)6-7-17(14(19)16(3)4)8-12-15-11(9-21-12)13(18)20-5/h9-10H,6-8H2,1-5H3. The lowest BCUT2D eigenvalue weighted by Crippen LogP contribution is -2.39. The van der Waals surface area contributed by atoms with Crippen LogP contribution in [0.1, 0.15) is 36.6 Å². The molecule has 1 rings (SSSR count). The van der Waals surface area contributed by atoms with E-state index in [-0.39, 0.29) is 18.3 Å². The number of methoxy groups -OCH3 is 1. The van der Waals surface area contributed by atoms with Gasteiger partial charge in [0.05, 0.1) is 13.7 Å². The quantitative estimate of drug-likeness (QED) is 0.751. The van der Waals surface area contributed by atoms with Crippen LogP contribution in [0.4, 0.5) is 4.79 Å². The van der Waals surface area contributed by atoms with Crippen molar-refractivity contribution in [3.05, 3.63) is 17.8 Å². The minimum Gasteiger partial charge on any atom is -0.464 e. The van der Waals surface area contributed by atoms with Gasteiger partial charge in [-0.05, 0) is 12.3 Å². The summed E-state index contributed by atoms with van der Waals surface area (Å²) in [7, 11) is 4.67. The van der Waals surface area contributed by atoms with Crippen molar-refractivity contribution in [2.45, 2.75) is 26.8 Å². The summed E-state index contributed by atoms with van der Waals surface area (Å²) in [5, 5.41) is 0. The predicted molar refractivity (Wildman–Crippen MR) is 76.8 cm³/mol. The van der Waals surface area contributed by atoms with Crippen molar-refractivity contribution in [1.29, 1.82) is 0 Å². The third kappa shape index (κ3) is 5.09. The maximum atomic E-state index is 12.1. The summed E-state index contributed by atoms with van der Waals surface area (Å²) in [6.07, 6.45) is 2.12. The Morgan fingerprint density at radius 3 is 2.57 bits per heavy atom. The molecule has 0 aromatic carbocycles. The van der Waals surface area contributed by atoms with Crippen LogP contribution in [-0.2, 0) is 11.3 Å². The molecule has 0 atom stereocenters. The van der Waals surface area contributed by atoms with Crippen molar-refractivity contribution in [3.8, 4) is 0 Å². The van der Waals surface area contributed by atoms with Crippen molar-refractivity contribution in [1.82, 2.24) is 14.8 Å². The predicted octanol–water partition coefficient (Wildman–Crippen LogP) is 1.99. The van der Waals surface area contributed by atoms with Crippen molar-refractivity contribution >= 4 is 12.0 Å². The first-order valence-corrected chi connectivity index (χ1v) is 6.84. The summed E-state index contributed by atoms with van der Waals surface area (Å²) in [5.41, 5.74) is 0.105. The summed E-state index contributed by atoms with van der Waals surface area (Å²) in [6.45, 7) is 5.02. The molecule has 2 amide bonds. The number of rotatable bonds is 6. The third-order valence-electron chi connectivity index (χ3n) is 2.90. The first kappa shape index (κ1) is 17.0. The van der Waals surface area contributed by atoms with Gasteiger partial charge in [-0.1, -0.05) is 13.8 Å². The van der Waals surface area contributed by atoms with Gasteiger partial charge in [0.1, 0.15) is 6.26 Å². The molecule has 0 N–H and O–H groups in total. The van der Waals surface area contributed by atoms with Gasteiger partial charge in [-0.25, -0.2) is 14.6 Å². The maximum absolute atomic E-state index is 12.1. The Hall–Kier alpha value is -2.05. The molecule has 0 fully saturated rings. The van der Waals surface area contributed by atoms with Crippen molar-refractivity contribution in [2.75, 3.05) is 27.7 Å². The summed E-state index contributed by atoms with van der Waals surface area (Å²) < 4.78 is 9.80. The van der Waals surface area contributed by atoms with Crippen molar-refractivity contribution in [3.63, 3.8) is 0 Å². The van der Waals surface area contributed by atoms with Gasteiger partial charge in [-0.3, -0.25) is 0 Å². The van der Waals surface area contributed by atoms with Crippen LogP contribution in [0.2, 0.25) is 0 Å². The Morgan fingerprint density at radius 1 is 1.38 bits per heavy atom. The van der Waals surface area contributed by atoms with Crippen LogP contribution in [-0.4, -0.2) is 54.5 Å². The van der Waals surface area contributed by atoms with Gasteiger partial charge in [0.15, 0.2) is 5.69 Å². The lowest BCUT2D eigenvalue weighted by atomic mass is 10.1. The molecule has 1 heterocycles. The second kappa shape index (κ2) is 7.66. The zero-order valence-electron chi connectivity index (χ0n) is 13.3. The highest BCUT2D eigenvalue weighted by atomic mass is 16.5. The summed E-state index contributed by atoms with van der Waals surface area (Å²) in [4.78, 5) is 30.7. The van der Waals surface area contributed by atoms with Gasteiger partial charge in [0.25, 0.3) is 0 Å². The fourth-order valence-electron chi connectivity index (χ4n) is 1.68. The third-order valence-corrected chi connectivity index (χ3v) is 2.90. The molecule has 0 aliphatic carbocycles. The molecular formula is C14H23N3O4. The van der Waals surface area contributed by atoms with Gasteiger partial charge in [0, 0.05) is 20.6 Å². The van der Waals surface area contributed by atoms with Crippen molar-refractivity contribution in [2.24, 2.45) is 5.92 Å². The Labute approximate surface area is 124 Å². The van der Waals surface area contributed by atoms with E-state index in [0.29, 0.717) is 18.4 Å². The van der Waals surface area contributed by atoms with E-state index in [0.717, 1.165) is 6.42 Å².